The second-order valence-electron chi connectivity index (χ2n) is 7.38. The summed E-state index contributed by atoms with van der Waals surface area (Å²) in [5.74, 6) is 1.62. The summed E-state index contributed by atoms with van der Waals surface area (Å²) in [6, 6.07) is 7.44. The maximum absolute atomic E-state index is 13.1. The van der Waals surface area contributed by atoms with Gasteiger partial charge in [0.25, 0.3) is 5.91 Å². The lowest BCUT2D eigenvalue weighted by atomic mass is 10.1. The quantitative estimate of drug-likeness (QED) is 0.427. The van der Waals surface area contributed by atoms with Gasteiger partial charge in [-0.1, -0.05) is 0 Å². The molecule has 0 aliphatic carbocycles. The molecule has 1 aliphatic heterocycles. The van der Waals surface area contributed by atoms with Crippen LogP contribution in [0.25, 0.3) is 11.3 Å². The maximum atomic E-state index is 13.1. The zero-order valence-corrected chi connectivity index (χ0v) is 19.0. The Labute approximate surface area is 189 Å². The molecule has 1 saturated heterocycles. The van der Waals surface area contributed by atoms with Crippen LogP contribution in [0.1, 0.15) is 24.2 Å². The molecule has 0 aromatic carbocycles. The first-order chi connectivity index (χ1) is 15.5. The first kappa shape index (κ1) is 23.2. The van der Waals surface area contributed by atoms with Crippen molar-refractivity contribution in [1.29, 1.82) is 0 Å². The van der Waals surface area contributed by atoms with Crippen molar-refractivity contribution in [3.8, 4) is 11.3 Å². The van der Waals surface area contributed by atoms with E-state index in [1.165, 1.54) is 0 Å². The molecular formula is C23H32N8O. The molecule has 1 aliphatic rings. The molecule has 9 nitrogen and oxygen atoms in total. The largest absolute Gasteiger partial charge is 0.394 e. The predicted molar refractivity (Wildman–Crippen MR) is 129 cm³/mol. The van der Waals surface area contributed by atoms with Crippen molar-refractivity contribution in [1.82, 2.24) is 25.5 Å². The van der Waals surface area contributed by atoms with E-state index in [-0.39, 0.29) is 5.91 Å². The molecule has 0 atom stereocenters. The Hall–Kier alpha value is -3.46. The van der Waals surface area contributed by atoms with E-state index in [0.717, 1.165) is 37.6 Å². The van der Waals surface area contributed by atoms with Crippen LogP contribution in [-0.4, -0.2) is 72.9 Å². The van der Waals surface area contributed by atoms with Crippen molar-refractivity contribution in [3.63, 3.8) is 0 Å². The van der Waals surface area contributed by atoms with Gasteiger partial charge in [0.05, 0.1) is 5.69 Å². The van der Waals surface area contributed by atoms with Gasteiger partial charge in [-0.3, -0.25) is 4.79 Å². The first-order valence-electron chi connectivity index (χ1n) is 11.0. The van der Waals surface area contributed by atoms with Crippen molar-refractivity contribution < 1.29 is 4.79 Å². The Kier molecular flexibility index (Phi) is 8.15. The molecule has 32 heavy (non-hydrogen) atoms. The van der Waals surface area contributed by atoms with E-state index in [9.17, 15) is 4.79 Å². The second-order valence-corrected chi connectivity index (χ2v) is 7.38. The number of amides is 1. The number of aromatic nitrogens is 2. The van der Waals surface area contributed by atoms with Crippen molar-refractivity contribution in [2.24, 2.45) is 10.7 Å². The average Bonchev–Trinajstić information content (AvgIpc) is 2.84. The van der Waals surface area contributed by atoms with Gasteiger partial charge in [-0.05, 0) is 50.4 Å². The van der Waals surface area contributed by atoms with Gasteiger partial charge < -0.3 is 26.2 Å². The zero-order valence-electron chi connectivity index (χ0n) is 19.0. The summed E-state index contributed by atoms with van der Waals surface area (Å²) in [5.41, 5.74) is 8.10. The molecule has 3 rings (SSSR count). The van der Waals surface area contributed by atoms with E-state index in [0.29, 0.717) is 36.0 Å². The minimum absolute atomic E-state index is 0.00350. The van der Waals surface area contributed by atoms with Crippen LogP contribution in [0.3, 0.4) is 0 Å². The molecule has 3 heterocycles. The average molecular weight is 437 g/mol. The number of piperazine rings is 1. The van der Waals surface area contributed by atoms with Crippen LogP contribution < -0.4 is 21.3 Å². The normalized spacial score (nSPS) is 14.6. The molecule has 1 amide bonds. The fraction of sp³-hybridized carbons (Fsp3) is 0.391. The molecule has 0 radical (unpaired) electrons. The van der Waals surface area contributed by atoms with Crippen LogP contribution in [0, 0.1) is 0 Å². The van der Waals surface area contributed by atoms with Crippen LogP contribution in [0.5, 0.6) is 0 Å². The summed E-state index contributed by atoms with van der Waals surface area (Å²) in [6.07, 6.45) is 5.04. The Bertz CT molecular complexity index is 978. The summed E-state index contributed by atoms with van der Waals surface area (Å²) in [5, 5.41) is 6.23. The minimum atomic E-state index is 0.00350. The summed E-state index contributed by atoms with van der Waals surface area (Å²) in [6.45, 7) is 8.75. The zero-order chi connectivity index (χ0) is 22.9. The number of aliphatic imine (C=N–C) groups is 1. The molecule has 0 saturated carbocycles. The first-order valence-corrected chi connectivity index (χ1v) is 11.0. The Morgan fingerprint density at radius 1 is 1.28 bits per heavy atom. The van der Waals surface area contributed by atoms with Gasteiger partial charge >= 0.3 is 0 Å². The number of pyridine rings is 2. The van der Waals surface area contributed by atoms with Crippen LogP contribution >= 0.6 is 0 Å². The fourth-order valence-corrected chi connectivity index (χ4v) is 3.51. The van der Waals surface area contributed by atoms with E-state index in [1.807, 2.05) is 43.0 Å². The highest BCUT2D eigenvalue weighted by Crippen LogP contribution is 2.26. The smallest absolute Gasteiger partial charge is 0.254 e. The third kappa shape index (κ3) is 5.82. The predicted octanol–water partition coefficient (Wildman–Crippen LogP) is 1.76. The van der Waals surface area contributed by atoms with Gasteiger partial charge in [-0.25, -0.2) is 15.0 Å². The molecule has 0 spiro atoms. The van der Waals surface area contributed by atoms with Crippen molar-refractivity contribution in [3.05, 3.63) is 48.3 Å². The van der Waals surface area contributed by atoms with Gasteiger partial charge in [-0.2, -0.15) is 0 Å². The van der Waals surface area contributed by atoms with Crippen LogP contribution in [0.2, 0.25) is 0 Å². The third-order valence-electron chi connectivity index (χ3n) is 5.26. The van der Waals surface area contributed by atoms with Gasteiger partial charge in [0.15, 0.2) is 5.82 Å². The van der Waals surface area contributed by atoms with E-state index in [1.54, 1.807) is 25.5 Å². The molecule has 4 N–H and O–H groups in total. The SMILES string of the molecule is CCN(CC)C(=O)c1cc(-c2ccnc(N=C(N)/C=C\NC)c2)nc(N2CCNCC2)c1. The number of carbonyl (C=O) groups excluding carboxylic acids is 1. The second kappa shape index (κ2) is 11.2. The number of amidine groups is 1. The minimum Gasteiger partial charge on any atom is -0.394 e. The molecule has 2 aromatic heterocycles. The lowest BCUT2D eigenvalue weighted by Crippen LogP contribution is -2.44. The number of hydrogen-bond acceptors (Lipinski definition) is 7. The van der Waals surface area contributed by atoms with Crippen LogP contribution in [-0.2, 0) is 0 Å². The van der Waals surface area contributed by atoms with Gasteiger partial charge in [0.1, 0.15) is 11.7 Å². The highest BCUT2D eigenvalue weighted by Gasteiger charge is 2.19. The summed E-state index contributed by atoms with van der Waals surface area (Å²) in [7, 11) is 1.79. The summed E-state index contributed by atoms with van der Waals surface area (Å²) < 4.78 is 0. The van der Waals surface area contributed by atoms with Gasteiger partial charge in [0, 0.05) is 63.6 Å². The van der Waals surface area contributed by atoms with Gasteiger partial charge in [-0.15, -0.1) is 0 Å². The Morgan fingerprint density at radius 2 is 2.03 bits per heavy atom. The summed E-state index contributed by atoms with van der Waals surface area (Å²) >= 11 is 0. The Morgan fingerprint density at radius 3 is 2.72 bits per heavy atom. The van der Waals surface area contributed by atoms with Crippen LogP contribution in [0.15, 0.2) is 47.7 Å². The van der Waals surface area contributed by atoms with E-state index >= 15 is 0 Å². The lowest BCUT2D eigenvalue weighted by Gasteiger charge is -2.29. The lowest BCUT2D eigenvalue weighted by molar-refractivity contribution is 0.0773. The maximum Gasteiger partial charge on any atom is 0.254 e. The highest BCUT2D eigenvalue weighted by atomic mass is 16.2. The molecule has 170 valence electrons. The third-order valence-corrected chi connectivity index (χ3v) is 5.26. The molecular weight excluding hydrogens is 404 g/mol. The molecule has 1 fully saturated rings. The number of hydrogen-bond donors (Lipinski definition) is 3. The van der Waals surface area contributed by atoms with Crippen LogP contribution in [0.4, 0.5) is 11.6 Å². The molecule has 9 heteroatoms. The van der Waals surface area contributed by atoms with Crippen molar-refractivity contribution in [2.75, 3.05) is 51.2 Å². The number of nitrogens with two attached hydrogens (primary N) is 1. The fourth-order valence-electron chi connectivity index (χ4n) is 3.51. The number of anilines is 1. The number of rotatable bonds is 8. The van der Waals surface area contributed by atoms with E-state index in [2.05, 4.69) is 25.5 Å². The topological polar surface area (TPSA) is 112 Å². The summed E-state index contributed by atoms with van der Waals surface area (Å²) in [4.78, 5) is 30.7. The standard InChI is InChI=1S/C23H32N8O/c1-4-30(5-2)23(32)18-14-19(28-22(16-18)31-12-10-26-11-13-31)17-6-9-27-21(15-17)29-20(24)7-8-25-3/h6-9,14-16,25-26H,4-5,10-13H2,1-3H3,(H2,24,27,29)/b8-7-. The Balaban J connectivity index is 2.03. The molecule has 0 unspecified atom stereocenters. The van der Waals surface area contributed by atoms with Crippen molar-refractivity contribution >= 4 is 23.4 Å². The highest BCUT2D eigenvalue weighted by molar-refractivity contribution is 5.96. The number of carbonyl (C=O) groups is 1. The number of nitrogens with zero attached hydrogens (tertiary/aromatic N) is 5. The monoisotopic (exact) mass is 436 g/mol. The van der Waals surface area contributed by atoms with E-state index in [4.69, 9.17) is 10.7 Å². The van der Waals surface area contributed by atoms with Crippen molar-refractivity contribution in [2.45, 2.75) is 13.8 Å². The number of nitrogens with one attached hydrogen (secondary N) is 2. The van der Waals surface area contributed by atoms with Gasteiger partial charge in [0.2, 0.25) is 0 Å². The molecule has 0 bridgehead atoms. The van der Waals surface area contributed by atoms with E-state index < -0.39 is 0 Å². The molecule has 2 aromatic rings.